The number of hydrogen-bond donors (Lipinski definition) is 1. The molecule has 6 nitrogen and oxygen atoms in total. The van der Waals surface area contributed by atoms with Gasteiger partial charge >= 0.3 is 5.69 Å². The average Bonchev–Trinajstić information content (AvgIpc) is 2.47. The zero-order valence-electron chi connectivity index (χ0n) is 12.2. The SMILES string of the molecule is CCCn1ccc(=O)n(Cc2ccc(N)cc2OC)c1=O. The summed E-state index contributed by atoms with van der Waals surface area (Å²) in [6.07, 6.45) is 2.36. The molecule has 0 aliphatic carbocycles. The van der Waals surface area contributed by atoms with Crippen molar-refractivity contribution in [3.8, 4) is 5.75 Å². The lowest BCUT2D eigenvalue weighted by atomic mass is 10.2. The van der Waals surface area contributed by atoms with Crippen LogP contribution in [0.3, 0.4) is 0 Å². The molecule has 0 unspecified atom stereocenters. The van der Waals surface area contributed by atoms with E-state index in [1.54, 1.807) is 18.2 Å². The fourth-order valence-electron chi connectivity index (χ4n) is 2.18. The highest BCUT2D eigenvalue weighted by Gasteiger charge is 2.09. The van der Waals surface area contributed by atoms with E-state index in [4.69, 9.17) is 10.5 Å². The lowest BCUT2D eigenvalue weighted by molar-refractivity contribution is 0.407. The zero-order valence-corrected chi connectivity index (χ0v) is 12.2. The summed E-state index contributed by atoms with van der Waals surface area (Å²) in [5, 5.41) is 0. The Morgan fingerprint density at radius 2 is 2.00 bits per heavy atom. The number of benzene rings is 1. The van der Waals surface area contributed by atoms with Gasteiger partial charge in [0.25, 0.3) is 5.56 Å². The lowest BCUT2D eigenvalue weighted by Crippen LogP contribution is -2.39. The van der Waals surface area contributed by atoms with Crippen molar-refractivity contribution in [2.24, 2.45) is 0 Å². The maximum absolute atomic E-state index is 12.3. The maximum Gasteiger partial charge on any atom is 0.331 e. The summed E-state index contributed by atoms with van der Waals surface area (Å²) in [5.41, 5.74) is 6.37. The van der Waals surface area contributed by atoms with E-state index in [1.165, 1.54) is 28.5 Å². The Labute approximate surface area is 122 Å². The highest BCUT2D eigenvalue weighted by atomic mass is 16.5. The molecule has 0 saturated carbocycles. The van der Waals surface area contributed by atoms with Gasteiger partial charge in [-0.05, 0) is 12.5 Å². The molecule has 2 rings (SSSR count). The number of hydrogen-bond acceptors (Lipinski definition) is 4. The quantitative estimate of drug-likeness (QED) is 0.835. The highest BCUT2D eigenvalue weighted by molar-refractivity contribution is 5.48. The van der Waals surface area contributed by atoms with Crippen LogP contribution < -0.4 is 21.7 Å². The molecule has 0 radical (unpaired) electrons. The number of rotatable bonds is 5. The number of methoxy groups -OCH3 is 1. The third-order valence-electron chi connectivity index (χ3n) is 3.24. The Kier molecular flexibility index (Phi) is 4.47. The second kappa shape index (κ2) is 6.30. The van der Waals surface area contributed by atoms with E-state index in [2.05, 4.69) is 0 Å². The van der Waals surface area contributed by atoms with E-state index in [1.807, 2.05) is 6.92 Å². The summed E-state index contributed by atoms with van der Waals surface area (Å²) in [6.45, 7) is 2.72. The summed E-state index contributed by atoms with van der Waals surface area (Å²) in [7, 11) is 1.53. The number of aromatic nitrogens is 2. The van der Waals surface area contributed by atoms with Gasteiger partial charge in [0.2, 0.25) is 0 Å². The average molecular weight is 289 g/mol. The Hall–Kier alpha value is -2.50. The summed E-state index contributed by atoms with van der Waals surface area (Å²) >= 11 is 0. The lowest BCUT2D eigenvalue weighted by Gasteiger charge is -2.12. The van der Waals surface area contributed by atoms with Crippen LogP contribution in [0.5, 0.6) is 5.75 Å². The van der Waals surface area contributed by atoms with E-state index >= 15 is 0 Å². The van der Waals surface area contributed by atoms with E-state index in [0.717, 1.165) is 12.0 Å². The molecule has 0 atom stereocenters. The molecule has 2 N–H and O–H groups in total. The predicted octanol–water partition coefficient (Wildman–Crippen LogP) is 1.06. The van der Waals surface area contributed by atoms with Crippen molar-refractivity contribution in [2.75, 3.05) is 12.8 Å². The molecular weight excluding hydrogens is 270 g/mol. The standard InChI is InChI=1S/C15H19N3O3/c1-3-7-17-8-6-14(19)18(15(17)20)10-11-4-5-12(16)9-13(11)21-2/h4-6,8-9H,3,7,10,16H2,1-2H3. The first kappa shape index (κ1) is 14.9. The summed E-state index contributed by atoms with van der Waals surface area (Å²) in [6, 6.07) is 6.56. The van der Waals surface area contributed by atoms with Crippen LogP contribution in [-0.4, -0.2) is 16.2 Å². The van der Waals surface area contributed by atoms with Gasteiger partial charge in [0.05, 0.1) is 13.7 Å². The van der Waals surface area contributed by atoms with Gasteiger partial charge in [-0.3, -0.25) is 9.36 Å². The zero-order chi connectivity index (χ0) is 15.4. The monoisotopic (exact) mass is 289 g/mol. The van der Waals surface area contributed by atoms with Crippen LogP contribution in [-0.2, 0) is 13.1 Å². The molecule has 6 heteroatoms. The van der Waals surface area contributed by atoms with Gasteiger partial charge in [-0.25, -0.2) is 4.79 Å². The molecule has 0 aliphatic heterocycles. The Morgan fingerprint density at radius 1 is 1.24 bits per heavy atom. The van der Waals surface area contributed by atoms with Crippen LogP contribution >= 0.6 is 0 Å². The molecule has 0 saturated heterocycles. The highest BCUT2D eigenvalue weighted by Crippen LogP contribution is 2.21. The van der Waals surface area contributed by atoms with Crippen LogP contribution in [0, 0.1) is 0 Å². The first-order valence-electron chi connectivity index (χ1n) is 6.79. The van der Waals surface area contributed by atoms with Gasteiger partial charge in [-0.1, -0.05) is 13.0 Å². The first-order valence-corrected chi connectivity index (χ1v) is 6.79. The van der Waals surface area contributed by atoms with Crippen molar-refractivity contribution in [3.05, 3.63) is 56.9 Å². The van der Waals surface area contributed by atoms with Crippen LogP contribution in [0.15, 0.2) is 40.1 Å². The van der Waals surface area contributed by atoms with Crippen LogP contribution in [0.4, 0.5) is 5.69 Å². The first-order chi connectivity index (χ1) is 10.1. The minimum absolute atomic E-state index is 0.158. The van der Waals surface area contributed by atoms with Crippen LogP contribution in [0.1, 0.15) is 18.9 Å². The molecule has 112 valence electrons. The number of nitrogens with zero attached hydrogens (tertiary/aromatic N) is 2. The maximum atomic E-state index is 12.3. The van der Waals surface area contributed by atoms with E-state index in [0.29, 0.717) is 18.0 Å². The fraction of sp³-hybridized carbons (Fsp3) is 0.333. The molecule has 1 aromatic carbocycles. The van der Waals surface area contributed by atoms with Crippen LogP contribution in [0.25, 0.3) is 0 Å². The molecule has 1 heterocycles. The van der Waals surface area contributed by atoms with Crippen molar-refractivity contribution < 1.29 is 4.74 Å². The molecule has 0 aliphatic rings. The van der Waals surface area contributed by atoms with Crippen molar-refractivity contribution in [1.29, 1.82) is 0 Å². The second-order valence-corrected chi connectivity index (χ2v) is 4.79. The molecule has 21 heavy (non-hydrogen) atoms. The van der Waals surface area contributed by atoms with Crippen molar-refractivity contribution in [1.82, 2.24) is 9.13 Å². The summed E-state index contributed by atoms with van der Waals surface area (Å²) in [4.78, 5) is 24.3. The van der Waals surface area contributed by atoms with Gasteiger partial charge < -0.3 is 15.0 Å². The van der Waals surface area contributed by atoms with Gasteiger partial charge in [0.15, 0.2) is 0 Å². The van der Waals surface area contributed by atoms with E-state index in [9.17, 15) is 9.59 Å². The van der Waals surface area contributed by atoms with E-state index in [-0.39, 0.29) is 17.8 Å². The molecular formula is C15H19N3O3. The number of ether oxygens (including phenoxy) is 1. The number of aryl methyl sites for hydroxylation is 1. The number of nitrogens with two attached hydrogens (primary N) is 1. The minimum Gasteiger partial charge on any atom is -0.496 e. The van der Waals surface area contributed by atoms with E-state index < -0.39 is 0 Å². The smallest absolute Gasteiger partial charge is 0.331 e. The summed E-state index contributed by atoms with van der Waals surface area (Å²) < 4.78 is 7.98. The van der Waals surface area contributed by atoms with Crippen molar-refractivity contribution in [2.45, 2.75) is 26.4 Å². The van der Waals surface area contributed by atoms with Gasteiger partial charge in [0, 0.05) is 36.1 Å². The van der Waals surface area contributed by atoms with Gasteiger partial charge in [-0.2, -0.15) is 0 Å². The van der Waals surface area contributed by atoms with Crippen LogP contribution in [0.2, 0.25) is 0 Å². The number of nitrogen functional groups attached to an aromatic ring is 1. The predicted molar refractivity (Wildman–Crippen MR) is 81.8 cm³/mol. The molecule has 0 spiro atoms. The molecule has 1 aromatic heterocycles. The largest absolute Gasteiger partial charge is 0.496 e. The topological polar surface area (TPSA) is 79.2 Å². The summed E-state index contributed by atoms with van der Waals surface area (Å²) in [5.74, 6) is 0.562. The normalized spacial score (nSPS) is 10.6. The fourth-order valence-corrected chi connectivity index (χ4v) is 2.18. The molecule has 2 aromatic rings. The Bertz CT molecular complexity index is 747. The Balaban J connectivity index is 2.47. The third kappa shape index (κ3) is 3.16. The van der Waals surface area contributed by atoms with Crippen molar-refractivity contribution in [3.63, 3.8) is 0 Å². The van der Waals surface area contributed by atoms with Crippen molar-refractivity contribution >= 4 is 5.69 Å². The Morgan fingerprint density at radius 3 is 2.67 bits per heavy atom. The molecule has 0 fully saturated rings. The van der Waals surface area contributed by atoms with Gasteiger partial charge in [0.1, 0.15) is 5.75 Å². The molecule has 0 bridgehead atoms. The third-order valence-corrected chi connectivity index (χ3v) is 3.24. The van der Waals surface area contributed by atoms with Gasteiger partial charge in [-0.15, -0.1) is 0 Å². The molecule has 0 amide bonds. The minimum atomic E-state index is -0.328. The second-order valence-electron chi connectivity index (χ2n) is 4.79. The number of anilines is 1.